The Morgan fingerprint density at radius 2 is 0.546 bits per heavy atom. The minimum Gasteiger partial charge on any atom is -0.386 e. The van der Waals surface area contributed by atoms with Crippen molar-refractivity contribution in [2.24, 2.45) is 41.4 Å². The standard InChI is InChI=1S/C15H30N2.C14H28N2.C10H22N2.3C8H18N2.C8H12N2.C6H14N2.C6H16N2.C5H14N2/c1-16-14-7-3-12(4-8-14)11-13-5-9-15(17-2)10-6-13;1-15-13-7-3-11(4-8-13)12-5-9-14(16-2)10-6-12;1-11-7-9-3-5-10(6-4-9)8-12-2;1-9-7-8-3-5-10(2)6-4-8;1-9-7-3-5-8(10-2)6-4-7;2*1-9-7-5-3-4-6-8(7)10-2;1-7-3-5-8(2)6-4-7;1-7(2)5-6-8(3)4;1-6-4-5-7(2)3/h12-17H,3-11H2,1-2H3;11-16H,3-10H2,1-2H3;9-12H,3-8H2,1-2H3;8-9H,3-7H2,1-2H3;2*7-10H,3-6H2,1-2H3;3-6,9-10H,1-2H3;3-6H2,1-2H3;5-6H2,1-4H3;6H,4-5H2,1-3H3. The number of hydrogen-bond acceptors (Lipinski definition) is 20. The van der Waals surface area contributed by atoms with Gasteiger partial charge in [-0.2, -0.15) is 0 Å². The number of para-hydroxylation sites is 2. The molecule has 7 aliphatic carbocycles. The van der Waals surface area contributed by atoms with E-state index in [1.54, 1.807) is 0 Å². The zero-order chi connectivity index (χ0) is 80.1. The van der Waals surface area contributed by atoms with Crippen LogP contribution in [0.3, 0.4) is 0 Å². The van der Waals surface area contributed by atoms with Crippen LogP contribution in [0.4, 0.5) is 11.4 Å². The average Bonchev–Trinajstić information content (AvgIpc) is 0.846. The molecule has 7 saturated carbocycles. The van der Waals surface area contributed by atoms with Crippen molar-refractivity contribution in [3.05, 3.63) is 24.3 Å². The van der Waals surface area contributed by atoms with Gasteiger partial charge in [0.2, 0.25) is 0 Å². The second kappa shape index (κ2) is 68.3. The molecule has 2 unspecified atom stereocenters. The zero-order valence-corrected chi connectivity index (χ0v) is 75.8. The van der Waals surface area contributed by atoms with Gasteiger partial charge in [-0.25, -0.2) is 0 Å². The third kappa shape index (κ3) is 51.8. The maximum absolute atomic E-state index is 3.43. The molecule has 0 amide bonds. The van der Waals surface area contributed by atoms with Crippen molar-refractivity contribution in [3.8, 4) is 0 Å². The van der Waals surface area contributed by atoms with Gasteiger partial charge in [-0.05, 0) is 420 Å². The van der Waals surface area contributed by atoms with Gasteiger partial charge in [0.25, 0.3) is 0 Å². The minimum absolute atomic E-state index is 0.707. The first kappa shape index (κ1) is 104. The highest BCUT2D eigenvalue weighted by atomic mass is 15.2. The van der Waals surface area contributed by atoms with E-state index in [4.69, 9.17) is 0 Å². The molecule has 20 nitrogen and oxygen atoms in total. The zero-order valence-electron chi connectivity index (χ0n) is 75.8. The fourth-order valence-corrected chi connectivity index (χ4v) is 17.4. The van der Waals surface area contributed by atoms with Crippen LogP contribution in [0.2, 0.25) is 0 Å². The van der Waals surface area contributed by atoms with Crippen molar-refractivity contribution in [1.29, 1.82) is 0 Å². The number of likely N-dealkylation sites (tertiary alicyclic amines) is 1. The molecule has 2 aliphatic heterocycles. The Morgan fingerprint density at radius 3 is 0.787 bits per heavy atom. The van der Waals surface area contributed by atoms with Crippen LogP contribution in [-0.2, 0) is 0 Å². The number of nitrogens with zero attached hydrogens (tertiary/aromatic N) is 6. The number of hydrogen-bond donors (Lipinski definition) is 14. The molecule has 14 N–H and O–H groups in total. The Hall–Kier alpha value is -1.90. The number of piperidine rings is 1. The summed E-state index contributed by atoms with van der Waals surface area (Å²) >= 11 is 0. The van der Waals surface area contributed by atoms with Crippen molar-refractivity contribution in [2.75, 3.05) is 258 Å². The molecular weight excluding hydrogens is 1340 g/mol. The van der Waals surface area contributed by atoms with Crippen LogP contribution in [0, 0.1) is 41.4 Å². The fraction of sp³-hybridized carbons (Fsp3) is 0.932. The Morgan fingerprint density at radius 1 is 0.287 bits per heavy atom. The fourth-order valence-electron chi connectivity index (χ4n) is 17.4. The lowest BCUT2D eigenvalue weighted by molar-refractivity contribution is 0.166. The summed E-state index contributed by atoms with van der Waals surface area (Å²) in [5, 5.41) is 46.1. The number of rotatable bonds is 25. The molecule has 1 aromatic carbocycles. The Labute approximate surface area is 672 Å². The van der Waals surface area contributed by atoms with Gasteiger partial charge in [0.05, 0.1) is 11.4 Å². The first-order valence-corrected chi connectivity index (χ1v) is 44.6. The Kier molecular flexibility index (Phi) is 65.9. The summed E-state index contributed by atoms with van der Waals surface area (Å²) in [7, 11) is 47.7. The molecule has 1 aromatic rings. The Bertz CT molecular complexity index is 1910. The summed E-state index contributed by atoms with van der Waals surface area (Å²) in [6.45, 7) is 15.6. The van der Waals surface area contributed by atoms with E-state index in [2.05, 4.69) is 238 Å². The summed E-state index contributed by atoms with van der Waals surface area (Å²) in [4.78, 5) is 13.6. The second-order valence-electron chi connectivity index (χ2n) is 34.7. The highest BCUT2D eigenvalue weighted by Gasteiger charge is 2.31. The summed E-state index contributed by atoms with van der Waals surface area (Å²) < 4.78 is 0. The van der Waals surface area contributed by atoms with E-state index in [1.165, 1.54) is 258 Å². The van der Waals surface area contributed by atoms with Gasteiger partial charge < -0.3 is 104 Å². The minimum atomic E-state index is 0.707. The molecule has 20 heteroatoms. The van der Waals surface area contributed by atoms with E-state index >= 15 is 0 Å². The van der Waals surface area contributed by atoms with Crippen molar-refractivity contribution in [1.82, 2.24) is 93.2 Å². The molecule has 0 spiro atoms. The summed E-state index contributed by atoms with van der Waals surface area (Å²) in [6.07, 6.45) is 43.8. The van der Waals surface area contributed by atoms with Gasteiger partial charge in [0.15, 0.2) is 0 Å². The molecule has 10 rings (SSSR count). The molecule has 2 heterocycles. The van der Waals surface area contributed by atoms with Crippen LogP contribution in [0.25, 0.3) is 0 Å². The lowest BCUT2D eigenvalue weighted by Gasteiger charge is -2.37. The third-order valence-corrected chi connectivity index (χ3v) is 25.5. The van der Waals surface area contributed by atoms with Crippen LogP contribution in [0.1, 0.15) is 199 Å². The van der Waals surface area contributed by atoms with Gasteiger partial charge >= 0.3 is 0 Å². The molecule has 2 saturated heterocycles. The van der Waals surface area contributed by atoms with Crippen molar-refractivity contribution >= 4 is 11.4 Å². The molecule has 0 radical (unpaired) electrons. The number of likely N-dealkylation sites (N-methyl/N-ethyl adjacent to an activating group) is 8. The van der Waals surface area contributed by atoms with Crippen LogP contribution in [-0.4, -0.2) is 325 Å². The normalized spacial score (nSPS) is 28.4. The summed E-state index contributed by atoms with van der Waals surface area (Å²) in [5.41, 5.74) is 2.26. The lowest BCUT2D eigenvalue weighted by Crippen LogP contribution is -2.47. The van der Waals surface area contributed by atoms with E-state index in [0.29, 0.717) is 12.1 Å². The molecule has 0 aromatic heterocycles. The van der Waals surface area contributed by atoms with E-state index in [-0.39, 0.29) is 0 Å². The summed E-state index contributed by atoms with van der Waals surface area (Å²) in [5.74, 6) is 6.99. The van der Waals surface area contributed by atoms with E-state index in [9.17, 15) is 0 Å². The molecular formula is C88H190N20. The van der Waals surface area contributed by atoms with Gasteiger partial charge in [-0.1, -0.05) is 25.0 Å². The topological polar surface area (TPSA) is 188 Å². The first-order valence-electron chi connectivity index (χ1n) is 44.6. The number of nitrogens with one attached hydrogen (secondary N) is 14. The van der Waals surface area contributed by atoms with Crippen molar-refractivity contribution < 1.29 is 0 Å². The molecule has 9 aliphatic rings. The maximum Gasteiger partial charge on any atom is 0.0573 e. The second-order valence-corrected chi connectivity index (χ2v) is 34.7. The van der Waals surface area contributed by atoms with Crippen LogP contribution >= 0.6 is 0 Å². The first-order chi connectivity index (χ1) is 52.1. The Balaban J connectivity index is 0.000000608. The summed E-state index contributed by atoms with van der Waals surface area (Å²) in [6, 6.07) is 14.3. The molecule has 108 heavy (non-hydrogen) atoms. The highest BCUT2D eigenvalue weighted by molar-refractivity contribution is 5.67. The van der Waals surface area contributed by atoms with Gasteiger partial charge in [0.1, 0.15) is 0 Å². The van der Waals surface area contributed by atoms with Crippen molar-refractivity contribution in [3.63, 3.8) is 0 Å². The SMILES string of the molecule is CN(C)CCN(C)C.CN1CCN(C)CC1.CNC1CCC(C2CCC(NC)CC2)CC1.CNC1CCC(CC2CCC(NC)CC2)CC1.CNC1CCC(NC)CC1.CNC1CCCCC1NC.CNCC1CCC(CNC)CC1.CNCC1CCN(C)CC1.CNCCN(C)C.CNc1ccccc1NC. The number of anilines is 2. The third-order valence-electron chi connectivity index (χ3n) is 25.5. The highest BCUT2D eigenvalue weighted by Crippen LogP contribution is 2.39. The quantitative estimate of drug-likeness (QED) is 0.0443. The van der Waals surface area contributed by atoms with E-state index in [0.717, 1.165) is 115 Å². The number of piperazine rings is 1. The number of benzene rings is 1. The average molecular weight is 1530 g/mol. The largest absolute Gasteiger partial charge is 0.386 e. The molecule has 9 fully saturated rings. The van der Waals surface area contributed by atoms with Gasteiger partial charge in [-0.3, -0.25) is 0 Å². The van der Waals surface area contributed by atoms with Crippen molar-refractivity contribution in [2.45, 2.75) is 247 Å². The van der Waals surface area contributed by atoms with E-state index in [1.807, 2.05) is 52.5 Å². The lowest BCUT2D eigenvalue weighted by atomic mass is 9.71. The van der Waals surface area contributed by atoms with Gasteiger partial charge in [-0.15, -0.1) is 0 Å². The monoisotopic (exact) mass is 1530 g/mol. The van der Waals surface area contributed by atoms with Crippen LogP contribution in [0.15, 0.2) is 24.3 Å². The molecule has 0 bridgehead atoms. The molecule has 2 atom stereocenters. The van der Waals surface area contributed by atoms with Gasteiger partial charge in [0, 0.05) is 115 Å². The predicted octanol–water partition coefficient (Wildman–Crippen LogP) is 10.2. The predicted molar refractivity (Wildman–Crippen MR) is 480 cm³/mol. The van der Waals surface area contributed by atoms with Crippen LogP contribution < -0.4 is 74.4 Å². The maximum atomic E-state index is 3.43. The molecule has 642 valence electrons. The smallest absolute Gasteiger partial charge is 0.0573 e. The van der Waals surface area contributed by atoms with E-state index < -0.39 is 0 Å². The van der Waals surface area contributed by atoms with Crippen LogP contribution in [0.5, 0.6) is 0 Å².